The molecule has 7 nitrogen and oxygen atoms in total. The maximum Gasteiger partial charge on any atom is 0.223 e. The number of guanidine groups is 1. The molecule has 152 valence electrons. The van der Waals surface area contributed by atoms with Gasteiger partial charge in [-0.2, -0.15) is 0 Å². The smallest absolute Gasteiger partial charge is 0.223 e. The monoisotopic (exact) mass is 490 g/mol. The van der Waals surface area contributed by atoms with Crippen LogP contribution in [0.2, 0.25) is 0 Å². The van der Waals surface area contributed by atoms with Gasteiger partial charge in [0.2, 0.25) is 5.91 Å². The minimum absolute atomic E-state index is 0. The predicted molar refractivity (Wildman–Crippen MR) is 118 cm³/mol. The van der Waals surface area contributed by atoms with Crippen molar-refractivity contribution in [2.75, 3.05) is 33.9 Å². The standard InChI is InChI=1S/C19H30N4O3.HI/c1-25-16-8-7-14(13-17(16)26-2)9-12-23-19(20)22-11-4-10-21-18(24)15-5-3-6-15;/h7-8,13,15H,3-6,9-12H2,1-2H3,(H,21,24)(H3,20,22,23);1H. The molecule has 1 saturated carbocycles. The summed E-state index contributed by atoms with van der Waals surface area (Å²) in [7, 11) is 3.24. The second-order valence-electron chi connectivity index (χ2n) is 6.41. The van der Waals surface area contributed by atoms with E-state index in [4.69, 9.17) is 15.2 Å². The van der Waals surface area contributed by atoms with E-state index in [0.717, 1.165) is 42.7 Å². The summed E-state index contributed by atoms with van der Waals surface area (Å²) in [5.41, 5.74) is 6.99. The van der Waals surface area contributed by atoms with Crippen molar-refractivity contribution in [3.05, 3.63) is 23.8 Å². The molecule has 0 heterocycles. The number of aliphatic imine (C=N–C) groups is 1. The molecule has 0 bridgehead atoms. The Kier molecular flexibility index (Phi) is 10.9. The molecule has 0 aromatic heterocycles. The van der Waals surface area contributed by atoms with E-state index >= 15 is 0 Å². The first-order valence-corrected chi connectivity index (χ1v) is 9.16. The molecule has 8 heteroatoms. The molecule has 1 aromatic rings. The van der Waals surface area contributed by atoms with Crippen LogP contribution in [0.4, 0.5) is 0 Å². The number of hydrogen-bond donors (Lipinski definition) is 3. The number of ether oxygens (including phenoxy) is 2. The number of rotatable bonds is 10. The Morgan fingerprint density at radius 2 is 1.93 bits per heavy atom. The van der Waals surface area contributed by atoms with Crippen LogP contribution < -0.4 is 25.8 Å². The normalized spacial score (nSPS) is 13.9. The van der Waals surface area contributed by atoms with E-state index in [1.54, 1.807) is 14.2 Å². The molecule has 0 saturated heterocycles. The third-order valence-electron chi connectivity index (χ3n) is 4.56. The summed E-state index contributed by atoms with van der Waals surface area (Å²) in [6, 6.07) is 5.85. The minimum atomic E-state index is 0. The van der Waals surface area contributed by atoms with Gasteiger partial charge in [-0.3, -0.25) is 9.79 Å². The topological polar surface area (TPSA) is 98.0 Å². The molecular formula is C19H31IN4O3. The van der Waals surface area contributed by atoms with Gasteiger partial charge in [0, 0.05) is 25.6 Å². The van der Waals surface area contributed by atoms with Crippen LogP contribution in [0.3, 0.4) is 0 Å². The van der Waals surface area contributed by atoms with E-state index in [9.17, 15) is 4.79 Å². The number of benzene rings is 1. The molecule has 1 amide bonds. The fourth-order valence-corrected chi connectivity index (χ4v) is 2.73. The van der Waals surface area contributed by atoms with Crippen LogP contribution in [0.1, 0.15) is 31.2 Å². The summed E-state index contributed by atoms with van der Waals surface area (Å²) >= 11 is 0. The number of nitrogens with zero attached hydrogens (tertiary/aromatic N) is 1. The Hall–Kier alpha value is -1.71. The molecule has 1 aliphatic carbocycles. The Labute approximate surface area is 178 Å². The summed E-state index contributed by atoms with van der Waals surface area (Å²) in [4.78, 5) is 16.0. The average molecular weight is 490 g/mol. The van der Waals surface area contributed by atoms with Gasteiger partial charge in [-0.15, -0.1) is 24.0 Å². The zero-order valence-electron chi connectivity index (χ0n) is 16.1. The van der Waals surface area contributed by atoms with Gasteiger partial charge in [-0.1, -0.05) is 12.5 Å². The molecule has 0 unspecified atom stereocenters. The van der Waals surface area contributed by atoms with Crippen molar-refractivity contribution in [1.29, 1.82) is 0 Å². The van der Waals surface area contributed by atoms with Crippen LogP contribution >= 0.6 is 24.0 Å². The average Bonchev–Trinajstić information content (AvgIpc) is 2.59. The van der Waals surface area contributed by atoms with Gasteiger partial charge in [-0.05, 0) is 43.4 Å². The van der Waals surface area contributed by atoms with Crippen LogP contribution in [0.5, 0.6) is 11.5 Å². The number of amides is 1. The summed E-state index contributed by atoms with van der Waals surface area (Å²) in [5.74, 6) is 2.28. The lowest BCUT2D eigenvalue weighted by molar-refractivity contribution is -0.127. The number of carbonyl (C=O) groups is 1. The van der Waals surface area contributed by atoms with E-state index in [1.165, 1.54) is 6.42 Å². The largest absolute Gasteiger partial charge is 0.493 e. The van der Waals surface area contributed by atoms with E-state index in [2.05, 4.69) is 15.6 Å². The van der Waals surface area contributed by atoms with Gasteiger partial charge < -0.3 is 25.8 Å². The molecule has 0 atom stereocenters. The molecule has 0 radical (unpaired) electrons. The Morgan fingerprint density at radius 1 is 1.19 bits per heavy atom. The highest BCUT2D eigenvalue weighted by molar-refractivity contribution is 14.0. The Bertz CT molecular complexity index is 621. The number of carbonyl (C=O) groups excluding carboxylic acids is 1. The quantitative estimate of drug-likeness (QED) is 0.202. The van der Waals surface area contributed by atoms with Gasteiger partial charge in [0.25, 0.3) is 0 Å². The van der Waals surface area contributed by atoms with Crippen LogP contribution in [0.15, 0.2) is 23.2 Å². The molecule has 0 aliphatic heterocycles. The molecule has 0 spiro atoms. The SMILES string of the molecule is COc1ccc(CCNC(N)=NCCCNC(=O)C2CCC2)cc1OC.I. The van der Waals surface area contributed by atoms with Crippen molar-refractivity contribution in [3.8, 4) is 11.5 Å². The molecule has 1 fully saturated rings. The summed E-state index contributed by atoms with van der Waals surface area (Å²) in [6.07, 6.45) is 4.82. The maximum absolute atomic E-state index is 11.7. The van der Waals surface area contributed by atoms with Crippen molar-refractivity contribution < 1.29 is 14.3 Å². The lowest BCUT2D eigenvalue weighted by atomic mass is 9.85. The molecule has 27 heavy (non-hydrogen) atoms. The second kappa shape index (κ2) is 12.6. The first kappa shape index (κ1) is 23.3. The first-order valence-electron chi connectivity index (χ1n) is 9.16. The summed E-state index contributed by atoms with van der Waals surface area (Å²) < 4.78 is 10.5. The van der Waals surface area contributed by atoms with Crippen molar-refractivity contribution in [2.24, 2.45) is 16.6 Å². The number of nitrogens with one attached hydrogen (secondary N) is 2. The number of methoxy groups -OCH3 is 2. The highest BCUT2D eigenvalue weighted by Crippen LogP contribution is 2.27. The van der Waals surface area contributed by atoms with E-state index in [-0.39, 0.29) is 35.8 Å². The zero-order chi connectivity index (χ0) is 18.8. The third kappa shape index (κ3) is 7.82. The van der Waals surface area contributed by atoms with Crippen molar-refractivity contribution in [2.45, 2.75) is 32.1 Å². The molecule has 1 aromatic carbocycles. The lowest BCUT2D eigenvalue weighted by Gasteiger charge is -2.23. The second-order valence-corrected chi connectivity index (χ2v) is 6.41. The van der Waals surface area contributed by atoms with Crippen molar-refractivity contribution in [1.82, 2.24) is 10.6 Å². The van der Waals surface area contributed by atoms with Crippen LogP contribution in [0.25, 0.3) is 0 Å². The van der Waals surface area contributed by atoms with Crippen LogP contribution in [-0.4, -0.2) is 45.7 Å². The molecule has 1 aliphatic rings. The third-order valence-corrected chi connectivity index (χ3v) is 4.56. The van der Waals surface area contributed by atoms with E-state index in [0.29, 0.717) is 25.6 Å². The minimum Gasteiger partial charge on any atom is -0.493 e. The number of halogens is 1. The number of hydrogen-bond acceptors (Lipinski definition) is 4. The highest BCUT2D eigenvalue weighted by atomic mass is 127. The fraction of sp³-hybridized carbons (Fsp3) is 0.579. The van der Waals surface area contributed by atoms with E-state index < -0.39 is 0 Å². The van der Waals surface area contributed by atoms with Gasteiger partial charge in [-0.25, -0.2) is 0 Å². The first-order chi connectivity index (χ1) is 12.6. The zero-order valence-corrected chi connectivity index (χ0v) is 18.5. The van der Waals surface area contributed by atoms with Gasteiger partial charge >= 0.3 is 0 Å². The van der Waals surface area contributed by atoms with Crippen LogP contribution in [-0.2, 0) is 11.2 Å². The molecule has 2 rings (SSSR count). The lowest BCUT2D eigenvalue weighted by Crippen LogP contribution is -2.35. The molecular weight excluding hydrogens is 459 g/mol. The van der Waals surface area contributed by atoms with Crippen molar-refractivity contribution in [3.63, 3.8) is 0 Å². The highest BCUT2D eigenvalue weighted by Gasteiger charge is 2.24. The van der Waals surface area contributed by atoms with Crippen molar-refractivity contribution >= 4 is 35.8 Å². The van der Waals surface area contributed by atoms with E-state index in [1.807, 2.05) is 18.2 Å². The fourth-order valence-electron chi connectivity index (χ4n) is 2.73. The van der Waals surface area contributed by atoms with Gasteiger partial charge in [0.1, 0.15) is 0 Å². The van der Waals surface area contributed by atoms with Gasteiger partial charge in [0.15, 0.2) is 17.5 Å². The molecule has 4 N–H and O–H groups in total. The Balaban J connectivity index is 0.00000364. The predicted octanol–water partition coefficient (Wildman–Crippen LogP) is 2.07. The summed E-state index contributed by atoms with van der Waals surface area (Å²) in [6.45, 7) is 1.93. The summed E-state index contributed by atoms with van der Waals surface area (Å²) in [5, 5.41) is 6.05. The van der Waals surface area contributed by atoms with Crippen LogP contribution in [0, 0.1) is 5.92 Å². The van der Waals surface area contributed by atoms with Gasteiger partial charge in [0.05, 0.1) is 14.2 Å². The number of nitrogens with two attached hydrogens (primary N) is 1. The maximum atomic E-state index is 11.7. The Morgan fingerprint density at radius 3 is 2.56 bits per heavy atom.